The van der Waals surface area contributed by atoms with Crippen LogP contribution >= 0.6 is 7.82 Å². The molecule has 0 unspecified atom stereocenters. The molecule has 13 heavy (non-hydrogen) atoms. The van der Waals surface area contributed by atoms with Crippen LogP contribution in [0.5, 0.6) is 0 Å². The summed E-state index contributed by atoms with van der Waals surface area (Å²) in [5.74, 6) is 0. The van der Waals surface area contributed by atoms with Crippen molar-refractivity contribution in [1.82, 2.24) is 0 Å². The van der Waals surface area contributed by atoms with Gasteiger partial charge in [-0.1, -0.05) is 35.9 Å². The summed E-state index contributed by atoms with van der Waals surface area (Å²) < 4.78 is 8.88. The number of phosphoric acid groups is 1. The molecule has 0 saturated carbocycles. The van der Waals surface area contributed by atoms with E-state index >= 15 is 0 Å². The Balaban J connectivity index is -0.000000159. The summed E-state index contributed by atoms with van der Waals surface area (Å²) in [6, 6.07) is 10.3. The summed E-state index contributed by atoms with van der Waals surface area (Å²) in [6.45, 7) is 2.08. The van der Waals surface area contributed by atoms with Gasteiger partial charge >= 0.3 is 37.4 Å². The van der Waals surface area contributed by atoms with Gasteiger partial charge in [0.2, 0.25) is 0 Å². The number of hydrogen-bond acceptors (Lipinski definition) is 1. The van der Waals surface area contributed by atoms with Gasteiger partial charge in [-0.15, -0.1) is 0 Å². The Morgan fingerprint density at radius 3 is 1.62 bits per heavy atom. The molecule has 0 aliphatic rings. The second kappa shape index (κ2) is 7.71. The van der Waals surface area contributed by atoms with E-state index in [1.807, 2.05) is 18.2 Å². The van der Waals surface area contributed by atoms with E-state index in [2.05, 4.69) is 19.1 Å². The Morgan fingerprint density at radius 1 is 1.15 bits per heavy atom. The minimum Gasteiger partial charge on any atom is -1.00 e. The van der Waals surface area contributed by atoms with Gasteiger partial charge in [0, 0.05) is 0 Å². The van der Waals surface area contributed by atoms with Crippen LogP contribution in [0.15, 0.2) is 30.3 Å². The predicted octanol–water partition coefficient (Wildman–Crippen LogP) is -1.82. The van der Waals surface area contributed by atoms with Crippen molar-refractivity contribution >= 4 is 7.82 Å². The van der Waals surface area contributed by atoms with Crippen molar-refractivity contribution in [3.05, 3.63) is 35.9 Å². The molecule has 0 aliphatic carbocycles. The van der Waals surface area contributed by atoms with Crippen molar-refractivity contribution in [2.75, 3.05) is 0 Å². The SMILES string of the molecule is Cc1ccccc1.O=P(O)(O)O.[H-].[Na+]. The molecule has 1 aromatic carbocycles. The summed E-state index contributed by atoms with van der Waals surface area (Å²) in [7, 11) is -4.64. The fraction of sp³-hybridized carbons (Fsp3) is 0.143. The van der Waals surface area contributed by atoms with E-state index in [9.17, 15) is 0 Å². The van der Waals surface area contributed by atoms with Gasteiger partial charge in [0.25, 0.3) is 0 Å². The Bertz CT molecular complexity index is 255. The minimum absolute atomic E-state index is 0. The summed E-state index contributed by atoms with van der Waals surface area (Å²) >= 11 is 0. The molecule has 0 radical (unpaired) electrons. The van der Waals surface area contributed by atoms with Crippen LogP contribution in [-0.4, -0.2) is 14.7 Å². The first-order chi connectivity index (χ1) is 5.39. The molecular formula is C7H12NaO4P. The second-order valence-corrected chi connectivity index (χ2v) is 3.19. The third kappa shape index (κ3) is 19.0. The monoisotopic (exact) mass is 214 g/mol. The van der Waals surface area contributed by atoms with E-state index in [0.717, 1.165) is 0 Å². The molecule has 0 spiro atoms. The first kappa shape index (κ1) is 15.8. The van der Waals surface area contributed by atoms with Gasteiger partial charge in [-0.05, 0) is 6.92 Å². The van der Waals surface area contributed by atoms with Crippen LogP contribution in [0.2, 0.25) is 0 Å². The summed E-state index contributed by atoms with van der Waals surface area (Å²) in [5, 5.41) is 0. The normalized spacial score (nSPS) is 9.23. The number of benzene rings is 1. The van der Waals surface area contributed by atoms with E-state index in [1.54, 1.807) is 0 Å². The molecule has 4 nitrogen and oxygen atoms in total. The number of hydrogen-bond donors (Lipinski definition) is 3. The molecule has 0 amide bonds. The fourth-order valence-corrected chi connectivity index (χ4v) is 0.534. The quantitative estimate of drug-likeness (QED) is 0.351. The Morgan fingerprint density at radius 2 is 1.46 bits per heavy atom. The van der Waals surface area contributed by atoms with Crippen molar-refractivity contribution in [2.45, 2.75) is 6.92 Å². The molecule has 6 heteroatoms. The standard InChI is InChI=1S/C7H8.Na.H3O4P.H/c1-7-5-3-2-4-6-7;;1-5(2,3)4;/h2-6H,1H3;;(H3,1,2,3,4);/q;+1;;-1. The average molecular weight is 214 g/mol. The van der Waals surface area contributed by atoms with Gasteiger partial charge in [0.1, 0.15) is 0 Å². The van der Waals surface area contributed by atoms with E-state index in [1.165, 1.54) is 5.56 Å². The van der Waals surface area contributed by atoms with E-state index < -0.39 is 7.82 Å². The van der Waals surface area contributed by atoms with Crippen LogP contribution in [0.25, 0.3) is 0 Å². The molecule has 3 N–H and O–H groups in total. The van der Waals surface area contributed by atoms with Gasteiger partial charge in [-0.3, -0.25) is 0 Å². The predicted molar refractivity (Wildman–Crippen MR) is 46.6 cm³/mol. The third-order valence-electron chi connectivity index (χ3n) is 0.940. The van der Waals surface area contributed by atoms with Gasteiger partial charge in [-0.2, -0.15) is 0 Å². The Hall–Kier alpha value is 0.330. The topological polar surface area (TPSA) is 77.8 Å². The molecule has 1 aromatic rings. The molecule has 0 saturated heterocycles. The number of rotatable bonds is 0. The molecule has 1 rings (SSSR count). The molecule has 0 aliphatic heterocycles. The molecule has 0 fully saturated rings. The van der Waals surface area contributed by atoms with Crippen LogP contribution in [0.4, 0.5) is 0 Å². The molecule has 0 heterocycles. The summed E-state index contributed by atoms with van der Waals surface area (Å²) in [4.78, 5) is 21.6. The zero-order chi connectivity index (χ0) is 9.61. The minimum atomic E-state index is -4.64. The first-order valence-corrected chi connectivity index (χ1v) is 4.76. The van der Waals surface area contributed by atoms with Gasteiger partial charge in [0.05, 0.1) is 0 Å². The molecular weight excluding hydrogens is 202 g/mol. The summed E-state index contributed by atoms with van der Waals surface area (Å²) in [6.07, 6.45) is 0. The zero-order valence-corrected chi connectivity index (χ0v) is 10.5. The second-order valence-electron chi connectivity index (χ2n) is 2.17. The van der Waals surface area contributed by atoms with E-state index in [4.69, 9.17) is 19.2 Å². The van der Waals surface area contributed by atoms with E-state index in [0.29, 0.717) is 0 Å². The van der Waals surface area contributed by atoms with Crippen LogP contribution in [0, 0.1) is 6.92 Å². The van der Waals surface area contributed by atoms with Crippen LogP contribution in [0.3, 0.4) is 0 Å². The Kier molecular flexibility index (Phi) is 9.36. The third-order valence-corrected chi connectivity index (χ3v) is 0.940. The van der Waals surface area contributed by atoms with Crippen LogP contribution in [-0.2, 0) is 4.57 Å². The average Bonchev–Trinajstić information content (AvgIpc) is 1.85. The van der Waals surface area contributed by atoms with Crippen molar-refractivity contribution in [1.29, 1.82) is 0 Å². The Labute approximate surface area is 101 Å². The smallest absolute Gasteiger partial charge is 1.00 e. The summed E-state index contributed by atoms with van der Waals surface area (Å²) in [5.41, 5.74) is 1.32. The first-order valence-electron chi connectivity index (χ1n) is 3.19. The molecule has 0 aromatic heterocycles. The number of aryl methyl sites for hydroxylation is 1. The van der Waals surface area contributed by atoms with Gasteiger partial charge in [-0.25, -0.2) is 4.57 Å². The molecule has 70 valence electrons. The maximum Gasteiger partial charge on any atom is 1.00 e. The largest absolute Gasteiger partial charge is 1.00 e. The maximum absolute atomic E-state index is 8.88. The molecule has 0 bridgehead atoms. The van der Waals surface area contributed by atoms with Crippen molar-refractivity contribution < 1.29 is 50.2 Å². The van der Waals surface area contributed by atoms with Crippen molar-refractivity contribution in [3.63, 3.8) is 0 Å². The van der Waals surface area contributed by atoms with Crippen LogP contribution in [0.1, 0.15) is 6.99 Å². The van der Waals surface area contributed by atoms with Crippen molar-refractivity contribution in [2.24, 2.45) is 0 Å². The fourth-order valence-electron chi connectivity index (χ4n) is 0.534. The van der Waals surface area contributed by atoms with Gasteiger partial charge < -0.3 is 16.1 Å². The molecule has 0 atom stereocenters. The van der Waals surface area contributed by atoms with E-state index in [-0.39, 0.29) is 31.0 Å². The zero-order valence-electron chi connectivity index (χ0n) is 8.58. The van der Waals surface area contributed by atoms with Crippen LogP contribution < -0.4 is 29.6 Å². The van der Waals surface area contributed by atoms with Crippen molar-refractivity contribution in [3.8, 4) is 0 Å². The van der Waals surface area contributed by atoms with Gasteiger partial charge in [0.15, 0.2) is 0 Å². The maximum atomic E-state index is 8.88.